The lowest BCUT2D eigenvalue weighted by molar-refractivity contribution is 1.61. The van der Waals surface area contributed by atoms with E-state index in [0.717, 1.165) is 4.90 Å². The van der Waals surface area contributed by atoms with Crippen molar-refractivity contribution < 1.29 is 0 Å². The van der Waals surface area contributed by atoms with Gasteiger partial charge in [0.25, 0.3) is 0 Å². The van der Waals surface area contributed by atoms with Crippen molar-refractivity contribution in [3.05, 3.63) is 66.7 Å². The van der Waals surface area contributed by atoms with E-state index >= 15 is 0 Å². The van der Waals surface area contributed by atoms with Crippen molar-refractivity contribution in [2.75, 3.05) is 0 Å². The lowest BCUT2D eigenvalue weighted by Gasteiger charge is -2.09. The first-order chi connectivity index (χ1) is 9.34. The summed E-state index contributed by atoms with van der Waals surface area (Å²) in [4.78, 5) is 1.04. The summed E-state index contributed by atoms with van der Waals surface area (Å²) in [6, 6.07) is 23.6. The lowest BCUT2D eigenvalue weighted by atomic mass is 9.97. The number of thiol groups is 1. The molecular formula is C18H12S. The number of fused-ring (bicyclic) bond motifs is 5. The molecule has 0 aliphatic carbocycles. The van der Waals surface area contributed by atoms with Gasteiger partial charge in [-0.05, 0) is 38.4 Å². The highest BCUT2D eigenvalue weighted by Crippen LogP contribution is 2.34. The minimum Gasteiger partial charge on any atom is -0.143 e. The maximum Gasteiger partial charge on any atom is 0.0125 e. The molecule has 19 heavy (non-hydrogen) atoms. The molecule has 0 heterocycles. The molecule has 0 N–H and O–H groups in total. The van der Waals surface area contributed by atoms with Gasteiger partial charge in [0.1, 0.15) is 0 Å². The zero-order chi connectivity index (χ0) is 12.8. The number of benzene rings is 4. The van der Waals surface area contributed by atoms with Crippen molar-refractivity contribution in [3.8, 4) is 0 Å². The van der Waals surface area contributed by atoms with Crippen molar-refractivity contribution in [2.45, 2.75) is 4.90 Å². The standard InChI is InChI=1S/C18H12S/c19-18-11-17-13-6-2-1-5-12(13)9-10-15(17)14-7-3-4-8-16(14)18/h1-11,19H. The van der Waals surface area contributed by atoms with Crippen LogP contribution in [0.1, 0.15) is 0 Å². The summed E-state index contributed by atoms with van der Waals surface area (Å²) in [6.07, 6.45) is 0. The Morgan fingerprint density at radius 2 is 1.16 bits per heavy atom. The van der Waals surface area contributed by atoms with Gasteiger partial charge < -0.3 is 0 Å². The fraction of sp³-hybridized carbons (Fsp3) is 0. The maximum absolute atomic E-state index is 4.65. The minimum atomic E-state index is 1.04. The van der Waals surface area contributed by atoms with Crippen LogP contribution in [0.2, 0.25) is 0 Å². The SMILES string of the molecule is Sc1cc2c3ccccc3ccc2c2ccccc12. The van der Waals surface area contributed by atoms with Crippen LogP contribution in [0.3, 0.4) is 0 Å². The van der Waals surface area contributed by atoms with E-state index in [4.69, 9.17) is 0 Å². The third-order valence-electron chi connectivity index (χ3n) is 3.74. The fourth-order valence-corrected chi connectivity index (χ4v) is 3.17. The average molecular weight is 260 g/mol. The molecule has 4 aromatic rings. The van der Waals surface area contributed by atoms with Crippen molar-refractivity contribution in [3.63, 3.8) is 0 Å². The molecule has 0 saturated carbocycles. The lowest BCUT2D eigenvalue weighted by Crippen LogP contribution is -1.82. The van der Waals surface area contributed by atoms with Crippen LogP contribution in [-0.4, -0.2) is 0 Å². The summed E-state index contributed by atoms with van der Waals surface area (Å²) < 4.78 is 0. The van der Waals surface area contributed by atoms with E-state index in [1.54, 1.807) is 0 Å². The predicted molar refractivity (Wildman–Crippen MR) is 86.2 cm³/mol. The van der Waals surface area contributed by atoms with Crippen molar-refractivity contribution in [1.29, 1.82) is 0 Å². The van der Waals surface area contributed by atoms with E-state index in [1.807, 2.05) is 0 Å². The van der Waals surface area contributed by atoms with Gasteiger partial charge >= 0.3 is 0 Å². The summed E-state index contributed by atoms with van der Waals surface area (Å²) in [5, 5.41) is 7.64. The Morgan fingerprint density at radius 1 is 0.526 bits per heavy atom. The van der Waals surface area contributed by atoms with Crippen LogP contribution in [0.4, 0.5) is 0 Å². The Labute approximate surface area is 117 Å². The highest BCUT2D eigenvalue weighted by molar-refractivity contribution is 7.80. The Kier molecular flexibility index (Phi) is 2.30. The van der Waals surface area contributed by atoms with Crippen LogP contribution in [-0.2, 0) is 0 Å². The van der Waals surface area contributed by atoms with Crippen LogP contribution < -0.4 is 0 Å². The van der Waals surface area contributed by atoms with Gasteiger partial charge in [-0.1, -0.05) is 60.7 Å². The monoisotopic (exact) mass is 260 g/mol. The molecule has 0 bridgehead atoms. The second-order valence-corrected chi connectivity index (χ2v) is 5.30. The molecule has 0 aliphatic heterocycles. The summed E-state index contributed by atoms with van der Waals surface area (Å²) >= 11 is 4.65. The molecule has 4 rings (SSSR count). The van der Waals surface area contributed by atoms with Crippen LogP contribution >= 0.6 is 12.6 Å². The molecule has 0 saturated heterocycles. The van der Waals surface area contributed by atoms with E-state index in [0.29, 0.717) is 0 Å². The molecule has 0 radical (unpaired) electrons. The van der Waals surface area contributed by atoms with Gasteiger partial charge in [0.2, 0.25) is 0 Å². The smallest absolute Gasteiger partial charge is 0.0125 e. The molecule has 4 aromatic carbocycles. The Balaban J connectivity index is 2.34. The molecule has 0 aromatic heterocycles. The topological polar surface area (TPSA) is 0 Å². The van der Waals surface area contributed by atoms with Gasteiger partial charge in [-0.2, -0.15) is 0 Å². The van der Waals surface area contributed by atoms with Crippen LogP contribution in [0.5, 0.6) is 0 Å². The molecule has 90 valence electrons. The van der Waals surface area contributed by atoms with Gasteiger partial charge in [0, 0.05) is 4.90 Å². The second kappa shape index (κ2) is 4.01. The number of hydrogen-bond acceptors (Lipinski definition) is 1. The van der Waals surface area contributed by atoms with Gasteiger partial charge in [-0.25, -0.2) is 0 Å². The largest absolute Gasteiger partial charge is 0.143 e. The molecular weight excluding hydrogens is 248 g/mol. The average Bonchev–Trinajstić information content (AvgIpc) is 2.47. The van der Waals surface area contributed by atoms with Gasteiger partial charge in [0.05, 0.1) is 0 Å². The third kappa shape index (κ3) is 1.55. The first-order valence-corrected chi connectivity index (χ1v) is 6.81. The van der Waals surface area contributed by atoms with Crippen LogP contribution in [0.25, 0.3) is 32.3 Å². The second-order valence-electron chi connectivity index (χ2n) is 4.82. The highest BCUT2D eigenvalue weighted by atomic mass is 32.1. The minimum absolute atomic E-state index is 1.04. The molecule has 0 fully saturated rings. The van der Waals surface area contributed by atoms with Crippen LogP contribution in [0, 0.1) is 0 Å². The van der Waals surface area contributed by atoms with Crippen molar-refractivity contribution in [1.82, 2.24) is 0 Å². The van der Waals surface area contributed by atoms with Crippen molar-refractivity contribution in [2.24, 2.45) is 0 Å². The molecule has 0 unspecified atom stereocenters. The van der Waals surface area contributed by atoms with Crippen molar-refractivity contribution >= 4 is 44.9 Å². The summed E-state index contributed by atoms with van der Waals surface area (Å²) in [6.45, 7) is 0. The number of rotatable bonds is 0. The summed E-state index contributed by atoms with van der Waals surface area (Å²) in [5.74, 6) is 0. The zero-order valence-electron chi connectivity index (χ0n) is 10.3. The Morgan fingerprint density at radius 3 is 2.00 bits per heavy atom. The van der Waals surface area contributed by atoms with E-state index in [2.05, 4.69) is 79.4 Å². The van der Waals surface area contributed by atoms with Crippen LogP contribution in [0.15, 0.2) is 71.6 Å². The van der Waals surface area contributed by atoms with Gasteiger partial charge in [-0.3, -0.25) is 0 Å². The fourth-order valence-electron chi connectivity index (χ4n) is 2.84. The number of hydrogen-bond donors (Lipinski definition) is 1. The predicted octanol–water partition coefficient (Wildman–Crippen LogP) is 5.43. The maximum atomic E-state index is 4.65. The third-order valence-corrected chi connectivity index (χ3v) is 4.11. The van der Waals surface area contributed by atoms with E-state index in [1.165, 1.54) is 32.3 Å². The Hall–Kier alpha value is -1.99. The van der Waals surface area contributed by atoms with E-state index < -0.39 is 0 Å². The first kappa shape index (κ1) is 10.9. The van der Waals surface area contributed by atoms with E-state index in [9.17, 15) is 0 Å². The first-order valence-electron chi connectivity index (χ1n) is 6.37. The molecule has 0 amide bonds. The normalized spacial score (nSPS) is 11.4. The highest BCUT2D eigenvalue weighted by Gasteiger charge is 2.06. The Bertz CT molecular complexity index is 922. The molecule has 0 aliphatic rings. The summed E-state index contributed by atoms with van der Waals surface area (Å²) in [5.41, 5.74) is 0. The zero-order valence-corrected chi connectivity index (χ0v) is 11.2. The van der Waals surface area contributed by atoms with E-state index in [-0.39, 0.29) is 0 Å². The quantitative estimate of drug-likeness (QED) is 0.316. The van der Waals surface area contributed by atoms with Gasteiger partial charge in [-0.15, -0.1) is 12.6 Å². The summed E-state index contributed by atoms with van der Waals surface area (Å²) in [7, 11) is 0. The molecule has 1 heteroatoms. The molecule has 0 spiro atoms. The van der Waals surface area contributed by atoms with Gasteiger partial charge in [0.15, 0.2) is 0 Å². The molecule has 0 nitrogen and oxygen atoms in total. The molecule has 0 atom stereocenters.